The molecule has 2 rings (SSSR count). The highest BCUT2D eigenvalue weighted by Crippen LogP contribution is 2.36. The summed E-state index contributed by atoms with van der Waals surface area (Å²) in [5, 5.41) is 23.3. The number of nitro groups is 1. The van der Waals surface area contributed by atoms with E-state index in [2.05, 4.69) is 5.32 Å². The lowest BCUT2D eigenvalue weighted by Crippen LogP contribution is -2.44. The Morgan fingerprint density at radius 2 is 1.96 bits per heavy atom. The molecule has 1 aliphatic rings. The molecule has 0 saturated heterocycles. The van der Waals surface area contributed by atoms with Crippen LogP contribution in [-0.4, -0.2) is 28.5 Å². The summed E-state index contributed by atoms with van der Waals surface area (Å²) in [6.45, 7) is 1.85. The summed E-state index contributed by atoms with van der Waals surface area (Å²) in [6.07, 6.45) is 4.25. The van der Waals surface area contributed by atoms with Gasteiger partial charge in [0.2, 0.25) is 0 Å². The Labute approximate surface area is 140 Å². The molecule has 2 N–H and O–H groups in total. The lowest BCUT2D eigenvalue weighted by molar-refractivity contribution is -0.385. The predicted octanol–water partition coefficient (Wildman–Crippen LogP) is 2.92. The molecule has 130 valence electrons. The molecule has 24 heavy (non-hydrogen) atoms. The standard InChI is InChI=1S/C17H22N2O5/c1-2-12-6-7-13(10-14(12)19(23)24)15(20)18-11-17(16(21)22)8-4-3-5-9-17/h6-7,10H,2-5,8-9,11H2,1H3,(H,18,20)(H,21,22). The Kier molecular flexibility index (Phi) is 5.54. The van der Waals surface area contributed by atoms with Crippen LogP contribution < -0.4 is 5.32 Å². The second kappa shape index (κ2) is 7.42. The topological polar surface area (TPSA) is 110 Å². The molecule has 7 nitrogen and oxygen atoms in total. The Morgan fingerprint density at radius 3 is 2.50 bits per heavy atom. The van der Waals surface area contributed by atoms with E-state index in [9.17, 15) is 24.8 Å². The SMILES string of the molecule is CCc1ccc(C(=O)NCC2(C(=O)O)CCCCC2)cc1[N+](=O)[O-]. The molecule has 0 aliphatic heterocycles. The largest absolute Gasteiger partial charge is 0.481 e. The molecular formula is C17H22N2O5. The molecule has 7 heteroatoms. The quantitative estimate of drug-likeness (QED) is 0.614. The molecule has 1 fully saturated rings. The van der Waals surface area contributed by atoms with Gasteiger partial charge in [-0.25, -0.2) is 0 Å². The second-order valence-corrected chi connectivity index (χ2v) is 6.28. The van der Waals surface area contributed by atoms with Crippen molar-refractivity contribution in [3.05, 3.63) is 39.4 Å². The third-order valence-electron chi connectivity index (χ3n) is 4.78. The molecule has 1 amide bonds. The number of carbonyl (C=O) groups is 2. The summed E-state index contributed by atoms with van der Waals surface area (Å²) in [5.41, 5.74) is -0.278. The lowest BCUT2D eigenvalue weighted by Gasteiger charge is -2.33. The average molecular weight is 334 g/mol. The minimum absolute atomic E-state index is 0.0461. The summed E-state index contributed by atoms with van der Waals surface area (Å²) in [7, 11) is 0. The van der Waals surface area contributed by atoms with Gasteiger partial charge in [0.05, 0.1) is 10.3 Å². The first-order valence-electron chi connectivity index (χ1n) is 8.18. The Bertz CT molecular complexity index is 650. The molecule has 1 aliphatic carbocycles. The van der Waals surface area contributed by atoms with Crippen molar-refractivity contribution in [2.75, 3.05) is 6.54 Å². The fourth-order valence-corrected chi connectivity index (χ4v) is 3.22. The van der Waals surface area contributed by atoms with Crippen molar-refractivity contribution in [3.8, 4) is 0 Å². The highest BCUT2D eigenvalue weighted by atomic mass is 16.6. The molecule has 1 saturated carbocycles. The highest BCUT2D eigenvalue weighted by Gasteiger charge is 2.39. The number of aliphatic carboxylic acids is 1. The van der Waals surface area contributed by atoms with E-state index >= 15 is 0 Å². The van der Waals surface area contributed by atoms with Crippen molar-refractivity contribution in [2.45, 2.75) is 45.4 Å². The van der Waals surface area contributed by atoms with Gasteiger partial charge in [0.1, 0.15) is 0 Å². The van der Waals surface area contributed by atoms with E-state index in [1.54, 1.807) is 6.07 Å². The normalized spacial score (nSPS) is 16.4. The first-order valence-corrected chi connectivity index (χ1v) is 8.18. The summed E-state index contributed by atoms with van der Waals surface area (Å²) in [6, 6.07) is 4.36. The van der Waals surface area contributed by atoms with Gasteiger partial charge in [-0.15, -0.1) is 0 Å². The smallest absolute Gasteiger partial charge is 0.311 e. The van der Waals surface area contributed by atoms with Crippen molar-refractivity contribution >= 4 is 17.6 Å². The Morgan fingerprint density at radius 1 is 1.29 bits per heavy atom. The zero-order chi connectivity index (χ0) is 17.7. The number of aryl methyl sites for hydroxylation is 1. The number of hydrogen-bond donors (Lipinski definition) is 2. The monoisotopic (exact) mass is 334 g/mol. The number of hydrogen-bond acceptors (Lipinski definition) is 4. The van der Waals surface area contributed by atoms with Crippen LogP contribution in [0.15, 0.2) is 18.2 Å². The number of rotatable bonds is 6. The van der Waals surface area contributed by atoms with Gasteiger partial charge >= 0.3 is 5.97 Å². The van der Waals surface area contributed by atoms with Gasteiger partial charge in [-0.1, -0.05) is 32.3 Å². The van der Waals surface area contributed by atoms with Gasteiger partial charge in [0, 0.05) is 23.7 Å². The van der Waals surface area contributed by atoms with Crippen molar-refractivity contribution < 1.29 is 19.6 Å². The number of nitrogens with one attached hydrogen (secondary N) is 1. The van der Waals surface area contributed by atoms with E-state index in [-0.39, 0.29) is 17.8 Å². The third-order valence-corrected chi connectivity index (χ3v) is 4.78. The van der Waals surface area contributed by atoms with E-state index in [4.69, 9.17) is 0 Å². The fourth-order valence-electron chi connectivity index (χ4n) is 3.22. The van der Waals surface area contributed by atoms with E-state index in [1.807, 2.05) is 6.92 Å². The zero-order valence-corrected chi connectivity index (χ0v) is 13.7. The highest BCUT2D eigenvalue weighted by molar-refractivity contribution is 5.95. The van der Waals surface area contributed by atoms with Gasteiger partial charge in [0.15, 0.2) is 0 Å². The summed E-state index contributed by atoms with van der Waals surface area (Å²) >= 11 is 0. The van der Waals surface area contributed by atoms with E-state index in [1.165, 1.54) is 12.1 Å². The van der Waals surface area contributed by atoms with Crippen LogP contribution in [0.2, 0.25) is 0 Å². The van der Waals surface area contributed by atoms with Crippen LogP contribution in [0.4, 0.5) is 5.69 Å². The number of nitrogens with zero attached hydrogens (tertiary/aromatic N) is 1. The van der Waals surface area contributed by atoms with Crippen molar-refractivity contribution in [2.24, 2.45) is 5.41 Å². The number of nitro benzene ring substituents is 1. The van der Waals surface area contributed by atoms with Crippen molar-refractivity contribution in [1.29, 1.82) is 0 Å². The minimum atomic E-state index is -0.927. The molecule has 0 atom stereocenters. The number of carboxylic acid groups (broad SMARTS) is 1. The van der Waals surface area contributed by atoms with Gasteiger partial charge in [0.25, 0.3) is 11.6 Å². The molecule has 0 heterocycles. The maximum absolute atomic E-state index is 12.3. The predicted molar refractivity (Wildman–Crippen MR) is 88.0 cm³/mol. The van der Waals surface area contributed by atoms with E-state index in [0.717, 1.165) is 19.3 Å². The van der Waals surface area contributed by atoms with Crippen LogP contribution in [0.3, 0.4) is 0 Å². The molecule has 1 aromatic rings. The number of amides is 1. The third kappa shape index (κ3) is 3.72. The van der Waals surface area contributed by atoms with Gasteiger partial charge < -0.3 is 10.4 Å². The zero-order valence-electron chi connectivity index (χ0n) is 13.7. The average Bonchev–Trinajstić information content (AvgIpc) is 2.59. The van der Waals surface area contributed by atoms with Gasteiger partial charge in [-0.3, -0.25) is 19.7 Å². The van der Waals surface area contributed by atoms with Crippen LogP contribution in [0.5, 0.6) is 0 Å². The van der Waals surface area contributed by atoms with Gasteiger partial charge in [-0.2, -0.15) is 0 Å². The summed E-state index contributed by atoms with van der Waals surface area (Å²) in [5.74, 6) is -1.37. The number of carbonyl (C=O) groups excluding carboxylic acids is 1. The molecule has 0 unspecified atom stereocenters. The molecular weight excluding hydrogens is 312 g/mol. The van der Waals surface area contributed by atoms with E-state index < -0.39 is 22.2 Å². The van der Waals surface area contributed by atoms with Crippen molar-refractivity contribution in [1.82, 2.24) is 5.32 Å². The first kappa shape index (κ1) is 17.9. The van der Waals surface area contributed by atoms with Crippen LogP contribution in [0.1, 0.15) is 54.9 Å². The second-order valence-electron chi connectivity index (χ2n) is 6.28. The first-order chi connectivity index (χ1) is 11.4. The lowest BCUT2D eigenvalue weighted by atomic mass is 9.74. The molecule has 0 radical (unpaired) electrons. The molecule has 0 bridgehead atoms. The Hall–Kier alpha value is -2.44. The summed E-state index contributed by atoms with van der Waals surface area (Å²) < 4.78 is 0. The molecule has 0 aromatic heterocycles. The fraction of sp³-hybridized carbons (Fsp3) is 0.529. The van der Waals surface area contributed by atoms with Crippen LogP contribution in [-0.2, 0) is 11.2 Å². The maximum atomic E-state index is 12.3. The molecule has 1 aromatic carbocycles. The number of benzene rings is 1. The summed E-state index contributed by atoms with van der Waals surface area (Å²) in [4.78, 5) is 34.5. The van der Waals surface area contributed by atoms with Crippen LogP contribution in [0, 0.1) is 15.5 Å². The van der Waals surface area contributed by atoms with Gasteiger partial charge in [-0.05, 0) is 25.3 Å². The minimum Gasteiger partial charge on any atom is -0.481 e. The molecule has 0 spiro atoms. The Balaban J connectivity index is 2.13. The van der Waals surface area contributed by atoms with E-state index in [0.29, 0.717) is 24.8 Å². The number of carboxylic acids is 1. The van der Waals surface area contributed by atoms with Crippen molar-refractivity contribution in [3.63, 3.8) is 0 Å². The van der Waals surface area contributed by atoms with Crippen LogP contribution >= 0.6 is 0 Å². The maximum Gasteiger partial charge on any atom is 0.311 e. The van der Waals surface area contributed by atoms with Crippen LogP contribution in [0.25, 0.3) is 0 Å².